The maximum absolute atomic E-state index is 12.9. The van der Waals surface area contributed by atoms with E-state index in [9.17, 15) is 8.42 Å². The molecular weight excluding hydrogens is 360 g/mol. The van der Waals surface area contributed by atoms with Gasteiger partial charge in [-0.3, -0.25) is 0 Å². The first-order valence-corrected chi connectivity index (χ1v) is 10.0. The Morgan fingerprint density at radius 1 is 1.45 bits per heavy atom. The summed E-state index contributed by atoms with van der Waals surface area (Å²) in [6.45, 7) is 3.55. The first kappa shape index (κ1) is 15.0. The molecule has 1 saturated heterocycles. The summed E-state index contributed by atoms with van der Waals surface area (Å²) in [5.41, 5.74) is 0.989. The minimum atomic E-state index is -3.35. The highest BCUT2D eigenvalue weighted by atomic mass is 79.9. The van der Waals surface area contributed by atoms with Crippen molar-refractivity contribution < 1.29 is 8.42 Å². The second-order valence-electron chi connectivity index (χ2n) is 5.62. The lowest BCUT2D eigenvalue weighted by atomic mass is 10.2. The van der Waals surface area contributed by atoms with Crippen LogP contribution in [-0.4, -0.2) is 37.9 Å². The molecule has 1 saturated carbocycles. The Labute approximate surface area is 132 Å². The summed E-state index contributed by atoms with van der Waals surface area (Å²) in [6, 6.07) is 2.31. The topological polar surface area (TPSA) is 49.4 Å². The van der Waals surface area contributed by atoms with E-state index in [0.29, 0.717) is 16.8 Å². The lowest BCUT2D eigenvalue weighted by Gasteiger charge is -2.24. The first-order valence-electron chi connectivity index (χ1n) is 6.99. The summed E-state index contributed by atoms with van der Waals surface area (Å²) in [6.07, 6.45) is 4.22. The number of sulfonamides is 1. The summed E-state index contributed by atoms with van der Waals surface area (Å²) >= 11 is 4.74. The van der Waals surface area contributed by atoms with Gasteiger partial charge in [0.1, 0.15) is 4.21 Å². The SMILES string of the molecule is Cc1cc(S(=O)(=O)N(CC2CCCN2)C2CC2)sc1Br. The Morgan fingerprint density at radius 3 is 2.70 bits per heavy atom. The van der Waals surface area contributed by atoms with Gasteiger partial charge in [-0.15, -0.1) is 11.3 Å². The van der Waals surface area contributed by atoms with Gasteiger partial charge in [0.2, 0.25) is 0 Å². The molecule has 1 aromatic rings. The van der Waals surface area contributed by atoms with Crippen LogP contribution in [0.4, 0.5) is 0 Å². The van der Waals surface area contributed by atoms with Crippen LogP contribution < -0.4 is 5.32 Å². The van der Waals surface area contributed by atoms with E-state index in [0.717, 1.165) is 41.6 Å². The van der Waals surface area contributed by atoms with E-state index in [4.69, 9.17) is 0 Å². The predicted octanol–water partition coefficient (Wildman–Crippen LogP) is 2.72. The molecule has 1 aliphatic carbocycles. The van der Waals surface area contributed by atoms with Crippen LogP contribution >= 0.6 is 27.3 Å². The smallest absolute Gasteiger partial charge is 0.252 e. The molecule has 0 aromatic carbocycles. The predicted molar refractivity (Wildman–Crippen MR) is 84.7 cm³/mol. The van der Waals surface area contributed by atoms with E-state index in [1.165, 1.54) is 11.3 Å². The van der Waals surface area contributed by atoms with Crippen LogP contribution in [0.15, 0.2) is 14.1 Å². The van der Waals surface area contributed by atoms with Crippen molar-refractivity contribution in [3.05, 3.63) is 15.4 Å². The Kier molecular flexibility index (Phi) is 4.25. The van der Waals surface area contributed by atoms with Crippen LogP contribution in [0.2, 0.25) is 0 Å². The number of aryl methyl sites for hydroxylation is 1. The average Bonchev–Trinajstić information content (AvgIpc) is 2.98. The molecule has 3 rings (SSSR count). The zero-order valence-corrected chi connectivity index (χ0v) is 14.7. The Hall–Kier alpha value is 0.0500. The molecule has 0 amide bonds. The minimum Gasteiger partial charge on any atom is -0.313 e. The maximum atomic E-state index is 12.9. The first-order chi connectivity index (χ1) is 9.48. The zero-order valence-electron chi connectivity index (χ0n) is 11.4. The van der Waals surface area contributed by atoms with Crippen molar-refractivity contribution >= 4 is 37.3 Å². The molecule has 1 atom stereocenters. The van der Waals surface area contributed by atoms with E-state index in [1.54, 1.807) is 10.4 Å². The van der Waals surface area contributed by atoms with Crippen LogP contribution in [0.3, 0.4) is 0 Å². The number of halogens is 1. The highest BCUT2D eigenvalue weighted by Crippen LogP contribution is 2.37. The van der Waals surface area contributed by atoms with Crippen molar-refractivity contribution in [2.45, 2.75) is 48.9 Å². The van der Waals surface area contributed by atoms with Gasteiger partial charge in [-0.1, -0.05) is 0 Å². The molecule has 0 spiro atoms. The third-order valence-electron chi connectivity index (χ3n) is 3.91. The van der Waals surface area contributed by atoms with Gasteiger partial charge in [0.05, 0.1) is 3.79 Å². The van der Waals surface area contributed by atoms with E-state index in [2.05, 4.69) is 21.2 Å². The summed E-state index contributed by atoms with van der Waals surface area (Å²) in [5.74, 6) is 0. The molecule has 4 nitrogen and oxygen atoms in total. The number of hydrogen-bond acceptors (Lipinski definition) is 4. The van der Waals surface area contributed by atoms with Crippen molar-refractivity contribution in [1.29, 1.82) is 0 Å². The normalized spacial score (nSPS) is 23.6. The molecule has 0 radical (unpaired) electrons. The molecule has 2 aliphatic rings. The Balaban J connectivity index is 1.85. The standard InChI is InChI=1S/C13H19BrN2O2S2/c1-9-7-12(19-13(9)14)20(17,18)16(11-4-5-11)8-10-3-2-6-15-10/h7,10-11,15H,2-6,8H2,1H3. The number of rotatable bonds is 5. The van der Waals surface area contributed by atoms with Crippen LogP contribution in [0.5, 0.6) is 0 Å². The molecule has 2 heterocycles. The summed E-state index contributed by atoms with van der Waals surface area (Å²) in [4.78, 5) is 0. The second-order valence-corrected chi connectivity index (χ2v) is 10.1. The third kappa shape index (κ3) is 2.97. The van der Waals surface area contributed by atoms with E-state index in [-0.39, 0.29) is 6.04 Å². The fourth-order valence-electron chi connectivity index (χ4n) is 2.61. The lowest BCUT2D eigenvalue weighted by Crippen LogP contribution is -2.42. The summed E-state index contributed by atoms with van der Waals surface area (Å²) in [5, 5.41) is 3.40. The molecule has 1 aromatic heterocycles. The lowest BCUT2D eigenvalue weighted by molar-refractivity contribution is 0.363. The van der Waals surface area contributed by atoms with E-state index in [1.807, 2.05) is 6.92 Å². The molecule has 1 aliphatic heterocycles. The number of nitrogens with one attached hydrogen (secondary N) is 1. The van der Waals surface area contributed by atoms with Gasteiger partial charge in [0.15, 0.2) is 0 Å². The van der Waals surface area contributed by atoms with Gasteiger partial charge in [-0.05, 0) is 66.7 Å². The monoisotopic (exact) mass is 378 g/mol. The van der Waals surface area contributed by atoms with Crippen LogP contribution in [0.1, 0.15) is 31.2 Å². The van der Waals surface area contributed by atoms with Crippen LogP contribution in [0, 0.1) is 6.92 Å². The largest absolute Gasteiger partial charge is 0.313 e. The average molecular weight is 379 g/mol. The summed E-state index contributed by atoms with van der Waals surface area (Å²) in [7, 11) is -3.35. The van der Waals surface area contributed by atoms with Gasteiger partial charge in [0, 0.05) is 18.6 Å². The van der Waals surface area contributed by atoms with Gasteiger partial charge < -0.3 is 5.32 Å². The van der Waals surface area contributed by atoms with Crippen molar-refractivity contribution in [2.75, 3.05) is 13.1 Å². The molecule has 112 valence electrons. The van der Waals surface area contributed by atoms with Crippen molar-refractivity contribution in [1.82, 2.24) is 9.62 Å². The molecule has 1 N–H and O–H groups in total. The fraction of sp³-hybridized carbons (Fsp3) is 0.692. The van der Waals surface area contributed by atoms with Crippen molar-refractivity contribution in [3.8, 4) is 0 Å². The van der Waals surface area contributed by atoms with Gasteiger partial charge in [-0.2, -0.15) is 4.31 Å². The Bertz CT molecular complexity index is 570. The molecule has 0 bridgehead atoms. The number of thiophene rings is 1. The van der Waals surface area contributed by atoms with Crippen LogP contribution in [-0.2, 0) is 10.0 Å². The highest BCUT2D eigenvalue weighted by Gasteiger charge is 2.40. The van der Waals surface area contributed by atoms with Crippen molar-refractivity contribution in [3.63, 3.8) is 0 Å². The minimum absolute atomic E-state index is 0.212. The second kappa shape index (κ2) is 5.68. The molecule has 7 heteroatoms. The fourth-order valence-corrected chi connectivity index (χ4v) is 6.70. The molecular formula is C13H19BrN2O2S2. The zero-order chi connectivity index (χ0) is 14.3. The summed E-state index contributed by atoms with van der Waals surface area (Å²) < 4.78 is 28.8. The number of nitrogens with zero attached hydrogens (tertiary/aromatic N) is 1. The van der Waals surface area contributed by atoms with Gasteiger partial charge >= 0.3 is 0 Å². The quantitative estimate of drug-likeness (QED) is 0.856. The number of hydrogen-bond donors (Lipinski definition) is 1. The van der Waals surface area contributed by atoms with E-state index < -0.39 is 10.0 Å². The molecule has 2 fully saturated rings. The Morgan fingerprint density at radius 2 is 2.20 bits per heavy atom. The van der Waals surface area contributed by atoms with Crippen LogP contribution in [0.25, 0.3) is 0 Å². The molecule has 1 unspecified atom stereocenters. The molecule has 20 heavy (non-hydrogen) atoms. The highest BCUT2D eigenvalue weighted by molar-refractivity contribution is 9.11. The van der Waals surface area contributed by atoms with Crippen molar-refractivity contribution in [2.24, 2.45) is 0 Å². The van der Waals surface area contributed by atoms with Gasteiger partial charge in [0.25, 0.3) is 10.0 Å². The maximum Gasteiger partial charge on any atom is 0.252 e. The third-order valence-corrected chi connectivity index (χ3v) is 8.42. The van der Waals surface area contributed by atoms with Gasteiger partial charge in [-0.25, -0.2) is 8.42 Å². The van der Waals surface area contributed by atoms with E-state index >= 15 is 0 Å².